The Labute approximate surface area is 708 Å². The van der Waals surface area contributed by atoms with Crippen molar-refractivity contribution in [3.05, 3.63) is 331 Å². The summed E-state index contributed by atoms with van der Waals surface area (Å²) in [7, 11) is 0. The van der Waals surface area contributed by atoms with Crippen molar-refractivity contribution in [3.63, 3.8) is 0 Å². The van der Waals surface area contributed by atoms with Crippen molar-refractivity contribution in [1.29, 1.82) is 0 Å². The zero-order chi connectivity index (χ0) is 94.2. The molecule has 2 aliphatic heterocycles. The predicted octanol–water partition coefficient (Wildman–Crippen LogP) is 28.9. The van der Waals surface area contributed by atoms with Crippen molar-refractivity contribution in [3.8, 4) is 55.9 Å². The van der Waals surface area contributed by atoms with Gasteiger partial charge < -0.3 is 27.8 Å². The quantitative estimate of drug-likeness (QED) is 0.142. The molecule has 0 aliphatic carbocycles. The van der Waals surface area contributed by atoms with E-state index in [-0.39, 0.29) is 65.8 Å². The maximum absolute atomic E-state index is 10.1. The summed E-state index contributed by atoms with van der Waals surface area (Å²) in [5.41, 5.74) is 18.1. The zero-order valence-corrected chi connectivity index (χ0v) is 68.3. The van der Waals surface area contributed by atoms with Gasteiger partial charge in [-0.1, -0.05) is 310 Å². The minimum atomic E-state index is -0.854. The van der Waals surface area contributed by atoms with Crippen molar-refractivity contribution >= 4 is 145 Å². The van der Waals surface area contributed by atoms with Crippen LogP contribution in [0.2, 0.25) is 0 Å². The minimum absolute atomic E-state index is 0.0686. The van der Waals surface area contributed by atoms with Gasteiger partial charge in [-0.2, -0.15) is 0 Å². The summed E-state index contributed by atoms with van der Waals surface area (Å²) in [6.07, 6.45) is 0. The summed E-state index contributed by atoms with van der Waals surface area (Å²) >= 11 is 0. The second kappa shape index (κ2) is 25.8. The molecule has 0 unspecified atom stereocenters. The molecule has 19 aromatic rings. The van der Waals surface area contributed by atoms with Gasteiger partial charge in [0.15, 0.2) is 0 Å². The third kappa shape index (κ3) is 11.3. The molecule has 2 aliphatic rings. The molecule has 0 atom stereocenters. The molecule has 0 fully saturated rings. The molecule has 0 saturated carbocycles. The zero-order valence-electron chi connectivity index (χ0n) is 84.3. The van der Waals surface area contributed by atoms with Crippen LogP contribution in [0.3, 0.4) is 0 Å². The standard InChI is InChI=1S/C110H95BN4O2/c1-106(2,3)68-34-28-32-66(56-68)85-58-70(108(7,8)9)60-87(83-44-30-42-81-79-40-20-26-50-99(79)116-104(81)83)102(85)114-95-64-73(112-91-46-22-16-36-75(91)76-37-17-23-47-92(76)112)52-54-89(95)111-90-55-53-74(113-93-48-24-18-38-77(93)78-39-19-25-49-94(78)113)65-96(90)115(98-63-72(110(13,14)15)62-97(114)101(98)111)103-86(67-33-29-35-69(57-67)107(4,5)6)59-71(109(10,11)12)61-88(103)84-45-31-43-82-80-41-21-27-51-100(80)117-105(82)84/h16-65H,1-15H3/i16D,17D,18D,19D,22D,23D,24D,25D,36D,37D,38D,39D,46D,47D,48D,49D. The number of aromatic nitrogens is 2. The normalized spacial score (nSPS) is 15.3. The Morgan fingerprint density at radius 2 is 0.607 bits per heavy atom. The Balaban J connectivity index is 1.01. The molecular weight excluding hydrogens is 1420 g/mol. The van der Waals surface area contributed by atoms with Gasteiger partial charge in [0.05, 0.1) is 55.4 Å². The van der Waals surface area contributed by atoms with Gasteiger partial charge in [-0.3, -0.25) is 0 Å². The summed E-state index contributed by atoms with van der Waals surface area (Å²) in [6, 6.07) is 63.4. The van der Waals surface area contributed by atoms with Gasteiger partial charge in [0.2, 0.25) is 0 Å². The Kier molecular flexibility index (Phi) is 12.5. The first-order valence-electron chi connectivity index (χ1n) is 48.3. The topological polar surface area (TPSA) is 42.6 Å². The van der Waals surface area contributed by atoms with E-state index in [2.05, 4.69) is 247 Å². The second-order valence-electron chi connectivity index (χ2n) is 36.9. The van der Waals surface area contributed by atoms with Crippen molar-refractivity contribution in [2.45, 2.75) is 131 Å². The predicted molar refractivity (Wildman–Crippen MR) is 499 cm³/mol. The van der Waals surface area contributed by atoms with Gasteiger partial charge in [-0.05, 0) is 179 Å². The van der Waals surface area contributed by atoms with Crippen LogP contribution in [-0.4, -0.2) is 15.8 Å². The summed E-state index contributed by atoms with van der Waals surface area (Å²) < 4.78 is 172. The Hall–Kier alpha value is -12.8. The fourth-order valence-electron chi connectivity index (χ4n) is 18.2. The number of fused-ring (bicyclic) bond motifs is 16. The average Bonchev–Trinajstić information content (AvgIpc) is 1.30. The molecule has 15 aromatic carbocycles. The van der Waals surface area contributed by atoms with Crippen LogP contribution < -0.4 is 26.2 Å². The van der Waals surface area contributed by atoms with E-state index < -0.39 is 120 Å². The van der Waals surface area contributed by atoms with Crippen LogP contribution in [0.25, 0.3) is 143 Å². The monoisotopic (exact) mass is 1530 g/mol. The number of anilines is 6. The highest BCUT2D eigenvalue weighted by atomic mass is 16.3. The number of rotatable bonds is 8. The van der Waals surface area contributed by atoms with Crippen LogP contribution in [0.15, 0.2) is 312 Å². The van der Waals surface area contributed by atoms with Gasteiger partial charge in [-0.15, -0.1) is 0 Å². The SMILES string of the molecule is [2H]c1c([2H])c([2H])c2c(c1[2H])c1c([2H])c([2H])c([2H])c([2H])c1n2-c1ccc2c(c1)N(c1c(-c3cccc(C(C)(C)C)c3)cc(C(C)(C)C)cc1-c1cccc3c1oc1ccccc13)c1cc(C(C)(C)C)cc3c1B2c1ccc(-n2c4c([2H])c([2H])c([2H])c([2H])c4c4c([2H])c([2H])c([2H])c([2H])c42)cc1N3c1c(-c2cccc(C(C)(C)C)c2)cc(C(C)(C)C)cc1-c1cccc2c1oc1ccccc12. The van der Waals surface area contributed by atoms with E-state index in [4.69, 9.17) is 8.83 Å². The molecule has 0 radical (unpaired) electrons. The molecule has 6 nitrogen and oxygen atoms in total. The van der Waals surface area contributed by atoms with Crippen molar-refractivity contribution in [2.24, 2.45) is 0 Å². The van der Waals surface area contributed by atoms with E-state index in [1.165, 1.54) is 0 Å². The fraction of sp³-hybridized carbons (Fsp3) is 0.182. The highest BCUT2D eigenvalue weighted by Crippen LogP contribution is 2.58. The Bertz CT molecular complexity index is 7780. The van der Waals surface area contributed by atoms with Crippen molar-refractivity contribution in [1.82, 2.24) is 9.13 Å². The van der Waals surface area contributed by atoms with Gasteiger partial charge in [0, 0.05) is 111 Å². The first kappa shape index (κ1) is 56.4. The van der Waals surface area contributed by atoms with Crippen molar-refractivity contribution in [2.75, 3.05) is 9.80 Å². The first-order chi connectivity index (χ1) is 62.8. The lowest BCUT2D eigenvalue weighted by Crippen LogP contribution is -2.61. The number of nitrogens with zero attached hydrogens (tertiary/aromatic N) is 4. The highest BCUT2D eigenvalue weighted by molar-refractivity contribution is 7.00. The Morgan fingerprint density at radius 1 is 0.274 bits per heavy atom. The molecule has 0 spiro atoms. The van der Waals surface area contributed by atoms with Gasteiger partial charge in [0.1, 0.15) is 22.3 Å². The number of furan rings is 2. The number of benzene rings is 15. The van der Waals surface area contributed by atoms with Crippen LogP contribution in [0.1, 0.15) is 154 Å². The number of hydrogen-bond acceptors (Lipinski definition) is 4. The molecular formula is C110H95BN4O2. The lowest BCUT2D eigenvalue weighted by Gasteiger charge is -2.47. The van der Waals surface area contributed by atoms with E-state index in [0.29, 0.717) is 67.4 Å². The smallest absolute Gasteiger partial charge is 0.252 e. The minimum Gasteiger partial charge on any atom is -0.455 e. The summed E-state index contributed by atoms with van der Waals surface area (Å²) in [5, 5.41) is 3.25. The third-order valence-electron chi connectivity index (χ3n) is 24.4. The molecule has 117 heavy (non-hydrogen) atoms. The van der Waals surface area contributed by atoms with Crippen LogP contribution >= 0.6 is 0 Å². The molecule has 21 rings (SSSR count). The molecule has 0 amide bonds. The summed E-state index contributed by atoms with van der Waals surface area (Å²) in [5.74, 6) is 0. The lowest BCUT2D eigenvalue weighted by molar-refractivity contribution is 0.589. The lowest BCUT2D eigenvalue weighted by atomic mass is 9.33. The van der Waals surface area contributed by atoms with Crippen LogP contribution in [0, 0.1) is 0 Å². The van der Waals surface area contributed by atoms with Crippen LogP contribution in [0.4, 0.5) is 34.1 Å². The van der Waals surface area contributed by atoms with Crippen molar-refractivity contribution < 1.29 is 30.8 Å². The Morgan fingerprint density at radius 3 is 0.983 bits per heavy atom. The van der Waals surface area contributed by atoms with E-state index >= 15 is 0 Å². The molecule has 4 aromatic heterocycles. The average molecular weight is 1530 g/mol. The molecule has 7 heteroatoms. The van der Waals surface area contributed by atoms with E-state index in [1.807, 2.05) is 72.8 Å². The van der Waals surface area contributed by atoms with Crippen LogP contribution in [0.5, 0.6) is 0 Å². The maximum Gasteiger partial charge on any atom is 0.252 e. The molecule has 0 saturated heterocycles. The molecule has 0 bridgehead atoms. The maximum atomic E-state index is 10.1. The highest BCUT2D eigenvalue weighted by Gasteiger charge is 2.47. The first-order valence-corrected chi connectivity index (χ1v) is 40.3. The summed E-state index contributed by atoms with van der Waals surface area (Å²) in [6.45, 7) is 32.3. The number of para-hydroxylation sites is 8. The van der Waals surface area contributed by atoms with Gasteiger partial charge >= 0.3 is 0 Å². The van der Waals surface area contributed by atoms with Gasteiger partial charge in [-0.25, -0.2) is 0 Å². The number of hydrogen-bond donors (Lipinski definition) is 0. The fourth-order valence-corrected chi connectivity index (χ4v) is 18.2. The van der Waals surface area contributed by atoms with Gasteiger partial charge in [0.25, 0.3) is 6.71 Å². The van der Waals surface area contributed by atoms with Crippen LogP contribution in [-0.2, 0) is 27.1 Å². The van der Waals surface area contributed by atoms with E-state index in [9.17, 15) is 21.9 Å². The third-order valence-corrected chi connectivity index (χ3v) is 24.4. The van der Waals surface area contributed by atoms with E-state index in [0.717, 1.165) is 99.3 Å². The summed E-state index contributed by atoms with van der Waals surface area (Å²) in [4.78, 5) is 4.74. The van der Waals surface area contributed by atoms with E-state index in [1.54, 1.807) is 9.13 Å². The molecule has 0 N–H and O–H groups in total. The largest absolute Gasteiger partial charge is 0.455 e. The second-order valence-corrected chi connectivity index (χ2v) is 36.9. The molecule has 6 heterocycles. The molecule has 570 valence electrons.